The van der Waals surface area contributed by atoms with Crippen LogP contribution in [0.5, 0.6) is 5.75 Å². The second-order valence-corrected chi connectivity index (χ2v) is 5.61. The van der Waals surface area contributed by atoms with E-state index in [1.807, 2.05) is 24.3 Å². The topological polar surface area (TPSA) is 105 Å². The highest BCUT2D eigenvalue weighted by atomic mass is 16.6. The minimum atomic E-state index is -0.495. The minimum absolute atomic E-state index is 0.0291. The summed E-state index contributed by atoms with van der Waals surface area (Å²) in [6.07, 6.45) is 1.43. The number of nitro groups is 1. The van der Waals surface area contributed by atoms with Gasteiger partial charge in [0.2, 0.25) is 5.91 Å². The summed E-state index contributed by atoms with van der Waals surface area (Å²) in [6.45, 7) is 0. The average molecular weight is 349 g/mol. The van der Waals surface area contributed by atoms with Crippen LogP contribution in [-0.4, -0.2) is 22.2 Å². The van der Waals surface area contributed by atoms with Crippen LogP contribution in [0.1, 0.15) is 11.1 Å². The molecule has 0 unspecified atom stereocenters. The molecule has 0 heterocycles. The lowest BCUT2D eigenvalue weighted by atomic mass is 10.0. The van der Waals surface area contributed by atoms with Crippen LogP contribution in [0.4, 0.5) is 5.69 Å². The molecule has 26 heavy (non-hydrogen) atoms. The maximum Gasteiger partial charge on any atom is 0.269 e. The van der Waals surface area contributed by atoms with E-state index in [2.05, 4.69) is 10.5 Å². The Morgan fingerprint density at radius 3 is 2.58 bits per heavy atom. The number of phenols is 1. The lowest BCUT2D eigenvalue weighted by Crippen LogP contribution is -2.19. The number of nitrogens with one attached hydrogen (secondary N) is 1. The number of carbonyl (C=O) groups is 1. The van der Waals surface area contributed by atoms with Gasteiger partial charge in [-0.15, -0.1) is 0 Å². The fourth-order valence-electron chi connectivity index (χ4n) is 2.55. The van der Waals surface area contributed by atoms with Gasteiger partial charge in [0.1, 0.15) is 5.75 Å². The number of hydrogen-bond acceptors (Lipinski definition) is 5. The molecule has 0 spiro atoms. The van der Waals surface area contributed by atoms with Crippen LogP contribution in [0.3, 0.4) is 0 Å². The zero-order chi connectivity index (χ0) is 18.5. The molecule has 0 atom stereocenters. The fourth-order valence-corrected chi connectivity index (χ4v) is 2.55. The van der Waals surface area contributed by atoms with Crippen molar-refractivity contribution >= 4 is 28.6 Å². The maximum absolute atomic E-state index is 11.9. The zero-order valence-corrected chi connectivity index (χ0v) is 13.6. The van der Waals surface area contributed by atoms with Gasteiger partial charge in [-0.25, -0.2) is 5.43 Å². The third-order valence-electron chi connectivity index (χ3n) is 3.84. The number of benzene rings is 3. The number of carbonyl (C=O) groups excluding carboxylic acids is 1. The highest BCUT2D eigenvalue weighted by molar-refractivity contribution is 6.02. The summed E-state index contributed by atoms with van der Waals surface area (Å²) in [5, 5.41) is 26.3. The van der Waals surface area contributed by atoms with Crippen LogP contribution >= 0.6 is 0 Å². The quantitative estimate of drug-likeness (QED) is 0.419. The Kier molecular flexibility index (Phi) is 4.89. The number of phenolic OH excluding ortho intramolecular Hbond substituents is 1. The van der Waals surface area contributed by atoms with E-state index >= 15 is 0 Å². The van der Waals surface area contributed by atoms with Gasteiger partial charge in [-0.3, -0.25) is 14.9 Å². The molecular weight excluding hydrogens is 334 g/mol. The van der Waals surface area contributed by atoms with Crippen LogP contribution in [0, 0.1) is 10.1 Å². The fraction of sp³-hybridized carbons (Fsp3) is 0.0526. The van der Waals surface area contributed by atoms with Gasteiger partial charge < -0.3 is 5.11 Å². The smallest absolute Gasteiger partial charge is 0.269 e. The van der Waals surface area contributed by atoms with Gasteiger partial charge in [0.05, 0.1) is 17.6 Å². The third kappa shape index (κ3) is 3.84. The first-order valence-corrected chi connectivity index (χ1v) is 7.80. The first-order valence-electron chi connectivity index (χ1n) is 7.80. The van der Waals surface area contributed by atoms with Gasteiger partial charge in [-0.05, 0) is 22.4 Å². The Bertz CT molecular complexity index is 997. The minimum Gasteiger partial charge on any atom is -0.507 e. The summed E-state index contributed by atoms with van der Waals surface area (Å²) in [5.74, 6) is -0.299. The molecule has 0 saturated carbocycles. The highest BCUT2D eigenvalue weighted by Crippen LogP contribution is 2.25. The molecule has 3 aromatic rings. The normalized spacial score (nSPS) is 10.9. The van der Waals surface area contributed by atoms with Gasteiger partial charge in [0, 0.05) is 17.7 Å². The number of nitrogens with zero attached hydrogens (tertiary/aromatic N) is 2. The van der Waals surface area contributed by atoms with E-state index in [4.69, 9.17) is 0 Å². The third-order valence-corrected chi connectivity index (χ3v) is 3.84. The standard InChI is InChI=1S/C19H15N3O4/c23-18-10-7-14-3-1-2-4-16(14)17(18)12-20-21-19(24)11-13-5-8-15(9-6-13)22(25)26/h1-10,12,23H,11H2,(H,21,24). The number of aromatic hydroxyl groups is 1. The summed E-state index contributed by atoms with van der Waals surface area (Å²) < 4.78 is 0. The van der Waals surface area contributed by atoms with E-state index in [0.29, 0.717) is 11.1 Å². The van der Waals surface area contributed by atoms with E-state index in [9.17, 15) is 20.0 Å². The summed E-state index contributed by atoms with van der Waals surface area (Å²) in [6, 6.07) is 16.6. The number of hydrogen-bond donors (Lipinski definition) is 2. The summed E-state index contributed by atoms with van der Waals surface area (Å²) in [7, 11) is 0. The lowest BCUT2D eigenvalue weighted by molar-refractivity contribution is -0.384. The van der Waals surface area contributed by atoms with E-state index in [1.54, 1.807) is 12.1 Å². The Labute approximate surface area is 148 Å². The van der Waals surface area contributed by atoms with Gasteiger partial charge in [-0.1, -0.05) is 42.5 Å². The Morgan fingerprint density at radius 2 is 1.85 bits per heavy atom. The average Bonchev–Trinajstić information content (AvgIpc) is 2.64. The number of non-ortho nitro benzene ring substituents is 1. The molecule has 0 bridgehead atoms. The molecule has 130 valence electrons. The number of fused-ring (bicyclic) bond motifs is 1. The van der Waals surface area contributed by atoms with Crippen molar-refractivity contribution < 1.29 is 14.8 Å². The first kappa shape index (κ1) is 17.1. The molecule has 1 amide bonds. The van der Waals surface area contributed by atoms with Gasteiger partial charge in [-0.2, -0.15) is 5.10 Å². The number of nitro benzene ring substituents is 1. The Balaban J connectivity index is 1.68. The molecule has 3 aromatic carbocycles. The molecular formula is C19H15N3O4. The largest absolute Gasteiger partial charge is 0.507 e. The zero-order valence-electron chi connectivity index (χ0n) is 13.6. The first-order chi connectivity index (χ1) is 12.5. The number of amides is 1. The highest BCUT2D eigenvalue weighted by Gasteiger charge is 2.07. The Morgan fingerprint density at radius 1 is 1.12 bits per heavy atom. The second kappa shape index (κ2) is 7.43. The number of rotatable bonds is 5. The van der Waals surface area contributed by atoms with Gasteiger partial charge in [0.15, 0.2) is 0 Å². The van der Waals surface area contributed by atoms with Crippen LogP contribution in [0.2, 0.25) is 0 Å². The molecule has 0 radical (unpaired) electrons. The van der Waals surface area contributed by atoms with Crippen molar-refractivity contribution in [3.8, 4) is 5.75 Å². The van der Waals surface area contributed by atoms with E-state index in [-0.39, 0.29) is 23.8 Å². The van der Waals surface area contributed by atoms with Crippen molar-refractivity contribution in [2.75, 3.05) is 0 Å². The Hall–Kier alpha value is -3.74. The maximum atomic E-state index is 11.9. The van der Waals surface area contributed by atoms with E-state index < -0.39 is 4.92 Å². The molecule has 2 N–H and O–H groups in total. The predicted octanol–water partition coefficient (Wildman–Crippen LogP) is 3.15. The van der Waals surface area contributed by atoms with Gasteiger partial charge in [0.25, 0.3) is 5.69 Å². The van der Waals surface area contributed by atoms with Crippen molar-refractivity contribution in [1.29, 1.82) is 0 Å². The van der Waals surface area contributed by atoms with E-state index in [1.165, 1.54) is 30.5 Å². The molecule has 7 heteroatoms. The SMILES string of the molecule is O=C(Cc1ccc([N+](=O)[O-])cc1)NN=Cc1c(O)ccc2ccccc12. The monoisotopic (exact) mass is 349 g/mol. The van der Waals surface area contributed by atoms with Crippen LogP contribution in [-0.2, 0) is 11.2 Å². The lowest BCUT2D eigenvalue weighted by Gasteiger charge is -2.05. The molecule has 0 saturated heterocycles. The van der Waals surface area contributed by atoms with Crippen molar-refractivity contribution in [3.63, 3.8) is 0 Å². The van der Waals surface area contributed by atoms with Crippen molar-refractivity contribution in [1.82, 2.24) is 5.43 Å². The molecule has 7 nitrogen and oxygen atoms in total. The van der Waals surface area contributed by atoms with Crippen molar-refractivity contribution in [2.24, 2.45) is 5.10 Å². The van der Waals surface area contributed by atoms with Crippen LogP contribution < -0.4 is 5.43 Å². The van der Waals surface area contributed by atoms with Crippen LogP contribution in [0.25, 0.3) is 10.8 Å². The summed E-state index contributed by atoms with van der Waals surface area (Å²) >= 11 is 0. The van der Waals surface area contributed by atoms with Crippen molar-refractivity contribution in [2.45, 2.75) is 6.42 Å². The van der Waals surface area contributed by atoms with Crippen molar-refractivity contribution in [3.05, 3.63) is 81.9 Å². The molecule has 3 rings (SSSR count). The molecule has 0 aromatic heterocycles. The van der Waals surface area contributed by atoms with Crippen LogP contribution in [0.15, 0.2) is 65.8 Å². The summed E-state index contributed by atoms with van der Waals surface area (Å²) in [5.41, 5.74) is 3.51. The molecule has 0 fully saturated rings. The summed E-state index contributed by atoms with van der Waals surface area (Å²) in [4.78, 5) is 22.1. The van der Waals surface area contributed by atoms with E-state index in [0.717, 1.165) is 10.8 Å². The molecule has 0 aliphatic carbocycles. The second-order valence-electron chi connectivity index (χ2n) is 5.61. The predicted molar refractivity (Wildman–Crippen MR) is 98.1 cm³/mol. The molecule has 0 aliphatic heterocycles. The van der Waals surface area contributed by atoms with Gasteiger partial charge >= 0.3 is 0 Å². The number of hydrazone groups is 1. The molecule has 0 aliphatic rings.